The number of carbonyl (C=O) groups excluding carboxylic acids is 1. The molecule has 1 aromatic heterocycles. The highest BCUT2D eigenvalue weighted by Crippen LogP contribution is 2.21. The summed E-state index contributed by atoms with van der Waals surface area (Å²) in [6.07, 6.45) is 2.84. The lowest BCUT2D eigenvalue weighted by Crippen LogP contribution is -2.23. The number of carbonyl (C=O) groups is 1. The minimum atomic E-state index is -0.302. The molecule has 1 amide bonds. The van der Waals surface area contributed by atoms with Crippen molar-refractivity contribution in [3.8, 4) is 11.8 Å². The Bertz CT molecular complexity index is 910. The molecule has 0 bridgehead atoms. The average Bonchev–Trinajstić information content (AvgIpc) is 2.61. The summed E-state index contributed by atoms with van der Waals surface area (Å²) in [5.74, 6) is 0.367. The Balaban J connectivity index is 1.62. The molecule has 0 aliphatic carbocycles. The highest BCUT2D eigenvalue weighted by Gasteiger charge is 2.09. The number of nitrogens with one attached hydrogen (secondary N) is 1. The molecule has 3 rings (SSSR count). The standard InChI is InChI=1S/C19H15Cl2N3O2/c1-12-4-2-3-5-17(12)26-19-23-10-14(11-24-19)18(25)22-9-13-6-15(20)8-16(21)7-13/h2-8,10-11H,9H2,1H3,(H,22,25). The van der Waals surface area contributed by atoms with Crippen molar-refractivity contribution in [2.24, 2.45) is 0 Å². The first-order chi connectivity index (χ1) is 12.5. The van der Waals surface area contributed by atoms with Crippen LogP contribution in [0.4, 0.5) is 0 Å². The zero-order valence-corrected chi connectivity index (χ0v) is 15.4. The third-order valence-corrected chi connectivity index (χ3v) is 4.00. The predicted octanol–water partition coefficient (Wildman–Crippen LogP) is 4.81. The van der Waals surface area contributed by atoms with Crippen molar-refractivity contribution in [1.82, 2.24) is 15.3 Å². The van der Waals surface area contributed by atoms with E-state index in [0.717, 1.165) is 11.1 Å². The molecule has 0 unspecified atom stereocenters. The van der Waals surface area contributed by atoms with Crippen molar-refractivity contribution in [1.29, 1.82) is 0 Å². The minimum absolute atomic E-state index is 0.178. The number of aryl methyl sites for hydroxylation is 1. The van der Waals surface area contributed by atoms with Gasteiger partial charge in [-0.05, 0) is 42.3 Å². The Morgan fingerprint density at radius 1 is 1.08 bits per heavy atom. The molecule has 5 nitrogen and oxygen atoms in total. The fourth-order valence-corrected chi connectivity index (χ4v) is 2.82. The lowest BCUT2D eigenvalue weighted by molar-refractivity contribution is 0.0950. The third-order valence-electron chi connectivity index (χ3n) is 3.56. The van der Waals surface area contributed by atoms with Crippen molar-refractivity contribution in [2.45, 2.75) is 13.5 Å². The van der Waals surface area contributed by atoms with E-state index in [1.807, 2.05) is 31.2 Å². The van der Waals surface area contributed by atoms with Crippen LogP contribution in [0.25, 0.3) is 0 Å². The van der Waals surface area contributed by atoms with Crippen molar-refractivity contribution in [3.63, 3.8) is 0 Å². The van der Waals surface area contributed by atoms with Crippen molar-refractivity contribution in [2.75, 3.05) is 0 Å². The highest BCUT2D eigenvalue weighted by molar-refractivity contribution is 6.34. The molecular formula is C19H15Cl2N3O2. The molecule has 7 heteroatoms. The van der Waals surface area contributed by atoms with Gasteiger partial charge in [0.05, 0.1) is 5.56 Å². The average molecular weight is 388 g/mol. The van der Waals surface area contributed by atoms with E-state index in [2.05, 4.69) is 15.3 Å². The molecule has 0 aliphatic heterocycles. The predicted molar refractivity (Wildman–Crippen MR) is 101 cm³/mol. The molecule has 0 radical (unpaired) electrons. The van der Waals surface area contributed by atoms with Crippen LogP contribution in [0.2, 0.25) is 10.0 Å². The SMILES string of the molecule is Cc1ccccc1Oc1ncc(C(=O)NCc2cc(Cl)cc(Cl)c2)cn1. The minimum Gasteiger partial charge on any atom is -0.424 e. The Labute approximate surface area is 161 Å². The van der Waals surface area contributed by atoms with Gasteiger partial charge in [-0.1, -0.05) is 41.4 Å². The van der Waals surface area contributed by atoms with E-state index in [4.69, 9.17) is 27.9 Å². The lowest BCUT2D eigenvalue weighted by atomic mass is 10.2. The molecule has 0 fully saturated rings. The Morgan fingerprint density at radius 2 is 1.73 bits per heavy atom. The normalized spacial score (nSPS) is 10.4. The van der Waals surface area contributed by atoms with Gasteiger partial charge in [0.1, 0.15) is 5.75 Å². The third kappa shape index (κ3) is 4.71. The van der Waals surface area contributed by atoms with Gasteiger partial charge in [0, 0.05) is 29.0 Å². The summed E-state index contributed by atoms with van der Waals surface area (Å²) in [7, 11) is 0. The van der Waals surface area contributed by atoms with Gasteiger partial charge in [-0.25, -0.2) is 9.97 Å². The maximum Gasteiger partial charge on any atom is 0.321 e. The van der Waals surface area contributed by atoms with E-state index in [-0.39, 0.29) is 11.9 Å². The summed E-state index contributed by atoms with van der Waals surface area (Å²) in [4.78, 5) is 20.4. The lowest BCUT2D eigenvalue weighted by Gasteiger charge is -2.08. The van der Waals surface area contributed by atoms with E-state index < -0.39 is 0 Å². The molecule has 26 heavy (non-hydrogen) atoms. The molecule has 132 valence electrons. The number of hydrogen-bond donors (Lipinski definition) is 1. The van der Waals surface area contributed by atoms with Gasteiger partial charge in [-0.2, -0.15) is 0 Å². The van der Waals surface area contributed by atoms with E-state index in [1.165, 1.54) is 12.4 Å². The van der Waals surface area contributed by atoms with Crippen LogP contribution in [-0.2, 0) is 6.54 Å². The van der Waals surface area contributed by atoms with Gasteiger partial charge >= 0.3 is 6.01 Å². The summed E-state index contributed by atoms with van der Waals surface area (Å²) < 4.78 is 5.62. The van der Waals surface area contributed by atoms with Gasteiger partial charge in [0.15, 0.2) is 0 Å². The number of para-hydroxylation sites is 1. The molecule has 0 spiro atoms. The Kier molecular flexibility index (Phi) is 5.71. The zero-order valence-electron chi connectivity index (χ0n) is 13.9. The molecule has 0 saturated carbocycles. The molecular weight excluding hydrogens is 373 g/mol. The number of rotatable bonds is 5. The monoisotopic (exact) mass is 387 g/mol. The summed E-state index contributed by atoms with van der Waals surface area (Å²) >= 11 is 11.9. The number of ether oxygens (including phenoxy) is 1. The molecule has 0 aliphatic rings. The summed E-state index contributed by atoms with van der Waals surface area (Å²) in [6.45, 7) is 2.22. The number of amides is 1. The highest BCUT2D eigenvalue weighted by atomic mass is 35.5. The molecule has 2 aromatic carbocycles. The Morgan fingerprint density at radius 3 is 2.38 bits per heavy atom. The van der Waals surface area contributed by atoms with E-state index >= 15 is 0 Å². The van der Waals surface area contributed by atoms with Crippen LogP contribution in [0.3, 0.4) is 0 Å². The zero-order chi connectivity index (χ0) is 18.5. The molecule has 0 saturated heterocycles. The second kappa shape index (κ2) is 8.17. The van der Waals surface area contributed by atoms with Crippen molar-refractivity contribution in [3.05, 3.63) is 81.6 Å². The fourth-order valence-electron chi connectivity index (χ4n) is 2.25. The summed E-state index contributed by atoms with van der Waals surface area (Å²) in [6, 6.07) is 12.8. The van der Waals surface area contributed by atoms with Gasteiger partial charge in [0.2, 0.25) is 0 Å². The smallest absolute Gasteiger partial charge is 0.321 e. The number of hydrogen-bond acceptors (Lipinski definition) is 4. The first-order valence-electron chi connectivity index (χ1n) is 7.80. The fraction of sp³-hybridized carbons (Fsp3) is 0.105. The van der Waals surface area contributed by atoms with Crippen molar-refractivity contribution >= 4 is 29.1 Å². The van der Waals surface area contributed by atoms with E-state index in [1.54, 1.807) is 18.2 Å². The van der Waals surface area contributed by atoms with Crippen LogP contribution in [0.15, 0.2) is 54.9 Å². The second-order valence-corrected chi connectivity index (χ2v) is 6.46. The van der Waals surface area contributed by atoms with Gasteiger partial charge in [-0.15, -0.1) is 0 Å². The number of aromatic nitrogens is 2. The maximum absolute atomic E-state index is 12.2. The topological polar surface area (TPSA) is 64.1 Å². The summed E-state index contributed by atoms with van der Waals surface area (Å²) in [5, 5.41) is 3.80. The van der Waals surface area contributed by atoms with Crippen LogP contribution in [0.5, 0.6) is 11.8 Å². The van der Waals surface area contributed by atoms with Crippen LogP contribution < -0.4 is 10.1 Å². The van der Waals surface area contributed by atoms with E-state index in [0.29, 0.717) is 27.9 Å². The number of nitrogens with zero attached hydrogens (tertiary/aromatic N) is 2. The van der Waals surface area contributed by atoms with E-state index in [9.17, 15) is 4.79 Å². The quantitative estimate of drug-likeness (QED) is 0.681. The maximum atomic E-state index is 12.2. The molecule has 1 N–H and O–H groups in total. The molecule has 1 heterocycles. The van der Waals surface area contributed by atoms with Gasteiger partial charge in [0.25, 0.3) is 5.91 Å². The van der Waals surface area contributed by atoms with Crippen LogP contribution in [0.1, 0.15) is 21.5 Å². The van der Waals surface area contributed by atoms with Gasteiger partial charge in [-0.3, -0.25) is 4.79 Å². The van der Waals surface area contributed by atoms with Crippen LogP contribution in [0, 0.1) is 6.92 Å². The Hall–Kier alpha value is -2.63. The molecule has 3 aromatic rings. The summed E-state index contributed by atoms with van der Waals surface area (Å²) in [5.41, 5.74) is 2.10. The van der Waals surface area contributed by atoms with Crippen LogP contribution in [-0.4, -0.2) is 15.9 Å². The first-order valence-corrected chi connectivity index (χ1v) is 8.55. The first kappa shape index (κ1) is 18.2. The number of benzene rings is 2. The van der Waals surface area contributed by atoms with Crippen molar-refractivity contribution < 1.29 is 9.53 Å². The molecule has 0 atom stereocenters. The largest absolute Gasteiger partial charge is 0.424 e. The second-order valence-electron chi connectivity index (χ2n) is 5.58. The van der Waals surface area contributed by atoms with Crippen LogP contribution >= 0.6 is 23.2 Å². The number of halogens is 2. The van der Waals surface area contributed by atoms with Gasteiger partial charge < -0.3 is 10.1 Å².